The van der Waals surface area contributed by atoms with Crippen LogP contribution in [-0.2, 0) is 14.9 Å². The SMILES string of the molecule is N#C/C(=C/c1ccc(OS(=O)(=O)c2cccc([N+](=O)[O-])c2)cc1)C(=O)Nc1ccc(Cl)c(Cl)c1. The van der Waals surface area contributed by atoms with Gasteiger partial charge in [0.05, 0.1) is 15.0 Å². The van der Waals surface area contributed by atoms with Crippen molar-refractivity contribution in [2.75, 3.05) is 5.32 Å². The van der Waals surface area contributed by atoms with Crippen LogP contribution in [0.2, 0.25) is 10.0 Å². The molecule has 0 aromatic heterocycles. The Bertz CT molecular complexity index is 1450. The summed E-state index contributed by atoms with van der Waals surface area (Å²) in [5.41, 5.74) is 0.147. The van der Waals surface area contributed by atoms with E-state index in [0.717, 1.165) is 12.1 Å². The molecule has 0 bridgehead atoms. The summed E-state index contributed by atoms with van der Waals surface area (Å²) in [6, 6.07) is 16.2. The van der Waals surface area contributed by atoms with Crippen molar-refractivity contribution in [3.05, 3.63) is 98.0 Å². The molecular formula is C22H13Cl2N3O6S. The molecule has 0 unspecified atom stereocenters. The first kappa shape index (κ1) is 24.7. The monoisotopic (exact) mass is 517 g/mol. The Morgan fingerprint density at radius 3 is 2.38 bits per heavy atom. The number of carbonyl (C=O) groups excluding carboxylic acids is 1. The van der Waals surface area contributed by atoms with Crippen molar-refractivity contribution in [1.82, 2.24) is 0 Å². The minimum Gasteiger partial charge on any atom is -0.379 e. The molecule has 3 rings (SSSR count). The Balaban J connectivity index is 1.75. The third kappa shape index (κ3) is 6.11. The highest BCUT2D eigenvalue weighted by atomic mass is 35.5. The summed E-state index contributed by atoms with van der Waals surface area (Å²) in [5.74, 6) is -0.753. The highest BCUT2D eigenvalue weighted by Gasteiger charge is 2.20. The summed E-state index contributed by atoms with van der Waals surface area (Å²) < 4.78 is 29.9. The predicted octanol–water partition coefficient (Wildman–Crippen LogP) is 5.21. The zero-order chi connectivity index (χ0) is 24.9. The molecule has 0 saturated carbocycles. The van der Waals surface area contributed by atoms with Crippen LogP contribution in [0.1, 0.15) is 5.56 Å². The van der Waals surface area contributed by atoms with E-state index in [0.29, 0.717) is 16.3 Å². The third-order valence-electron chi connectivity index (χ3n) is 4.26. The normalized spacial score (nSPS) is 11.4. The predicted molar refractivity (Wildman–Crippen MR) is 126 cm³/mol. The number of nitro groups is 1. The maximum atomic E-state index is 12.4. The summed E-state index contributed by atoms with van der Waals surface area (Å²) in [5, 5.41) is 23.3. The highest BCUT2D eigenvalue weighted by Crippen LogP contribution is 2.26. The van der Waals surface area contributed by atoms with Crippen LogP contribution in [0.15, 0.2) is 77.2 Å². The number of nitriles is 1. The molecule has 0 spiro atoms. The van der Waals surface area contributed by atoms with Crippen LogP contribution in [-0.4, -0.2) is 19.2 Å². The molecule has 172 valence electrons. The van der Waals surface area contributed by atoms with Gasteiger partial charge in [0.2, 0.25) is 0 Å². The number of carbonyl (C=O) groups is 1. The Morgan fingerprint density at radius 1 is 1.06 bits per heavy atom. The van der Waals surface area contributed by atoms with Gasteiger partial charge in [0.1, 0.15) is 22.3 Å². The average molecular weight is 518 g/mol. The number of anilines is 1. The highest BCUT2D eigenvalue weighted by molar-refractivity contribution is 7.87. The quantitative estimate of drug-likeness (QED) is 0.149. The zero-order valence-electron chi connectivity index (χ0n) is 16.9. The molecule has 0 aliphatic heterocycles. The molecule has 0 heterocycles. The molecule has 1 amide bonds. The largest absolute Gasteiger partial charge is 0.379 e. The van der Waals surface area contributed by atoms with Gasteiger partial charge in [-0.3, -0.25) is 14.9 Å². The molecule has 0 aliphatic rings. The van der Waals surface area contributed by atoms with Gasteiger partial charge >= 0.3 is 10.1 Å². The standard InChI is InChI=1S/C22H13Cl2N3O6S/c23-20-9-6-16(11-21(20)24)26-22(28)15(13-25)10-14-4-7-18(8-5-14)33-34(31,32)19-3-1-2-17(12-19)27(29)30/h1-12H,(H,26,28)/b15-10-. The van der Waals surface area contributed by atoms with Crippen molar-refractivity contribution >= 4 is 56.7 Å². The smallest absolute Gasteiger partial charge is 0.339 e. The average Bonchev–Trinajstić information content (AvgIpc) is 2.80. The summed E-state index contributed by atoms with van der Waals surface area (Å²) in [7, 11) is -4.32. The molecule has 0 atom stereocenters. The molecule has 0 fully saturated rings. The Kier molecular flexibility index (Phi) is 7.53. The van der Waals surface area contributed by atoms with Crippen LogP contribution in [0, 0.1) is 21.4 Å². The van der Waals surface area contributed by atoms with E-state index in [2.05, 4.69) is 5.32 Å². The van der Waals surface area contributed by atoms with Crippen LogP contribution in [0.4, 0.5) is 11.4 Å². The van der Waals surface area contributed by atoms with E-state index in [1.807, 2.05) is 0 Å². The summed E-state index contributed by atoms with van der Waals surface area (Å²) in [6.07, 6.45) is 1.30. The topological polar surface area (TPSA) is 139 Å². The summed E-state index contributed by atoms with van der Waals surface area (Å²) in [6.45, 7) is 0. The van der Waals surface area contributed by atoms with E-state index >= 15 is 0 Å². The van der Waals surface area contributed by atoms with Gasteiger partial charge in [-0.15, -0.1) is 0 Å². The van der Waals surface area contributed by atoms with Crippen LogP contribution in [0.3, 0.4) is 0 Å². The lowest BCUT2D eigenvalue weighted by Crippen LogP contribution is -2.13. The molecule has 9 nitrogen and oxygen atoms in total. The first-order chi connectivity index (χ1) is 16.1. The molecule has 0 radical (unpaired) electrons. The van der Waals surface area contributed by atoms with E-state index < -0.39 is 26.6 Å². The van der Waals surface area contributed by atoms with Gasteiger partial charge in [0.15, 0.2) is 0 Å². The lowest BCUT2D eigenvalue weighted by molar-refractivity contribution is -0.385. The number of nitrogens with one attached hydrogen (secondary N) is 1. The van der Waals surface area contributed by atoms with Crippen molar-refractivity contribution in [1.29, 1.82) is 5.26 Å². The van der Waals surface area contributed by atoms with Gasteiger partial charge in [-0.1, -0.05) is 41.4 Å². The third-order valence-corrected chi connectivity index (χ3v) is 6.24. The molecule has 0 saturated heterocycles. The number of nitrogens with zero attached hydrogens (tertiary/aromatic N) is 2. The number of hydrogen-bond donors (Lipinski definition) is 1. The van der Waals surface area contributed by atoms with Crippen molar-refractivity contribution < 1.29 is 22.3 Å². The van der Waals surface area contributed by atoms with Gasteiger partial charge in [-0.2, -0.15) is 13.7 Å². The number of benzene rings is 3. The summed E-state index contributed by atoms with van der Waals surface area (Å²) >= 11 is 11.8. The van der Waals surface area contributed by atoms with Gasteiger partial charge < -0.3 is 9.50 Å². The zero-order valence-corrected chi connectivity index (χ0v) is 19.3. The molecule has 12 heteroatoms. The fraction of sp³-hybridized carbons (Fsp3) is 0. The maximum absolute atomic E-state index is 12.4. The number of amides is 1. The first-order valence-corrected chi connectivity index (χ1v) is 11.4. The van der Waals surface area contributed by atoms with Crippen LogP contribution in [0.25, 0.3) is 6.08 Å². The Morgan fingerprint density at radius 2 is 1.76 bits per heavy atom. The Labute approximate surface area is 204 Å². The van der Waals surface area contributed by atoms with Crippen LogP contribution >= 0.6 is 23.2 Å². The number of halogens is 2. The lowest BCUT2D eigenvalue weighted by Gasteiger charge is -2.08. The summed E-state index contributed by atoms with van der Waals surface area (Å²) in [4.78, 5) is 22.2. The van der Waals surface area contributed by atoms with Gasteiger partial charge in [-0.05, 0) is 48.0 Å². The van der Waals surface area contributed by atoms with E-state index in [4.69, 9.17) is 27.4 Å². The second-order valence-corrected chi connectivity index (χ2v) is 8.97. The maximum Gasteiger partial charge on any atom is 0.339 e. The van der Waals surface area contributed by atoms with Crippen molar-refractivity contribution in [2.24, 2.45) is 0 Å². The molecule has 34 heavy (non-hydrogen) atoms. The van der Waals surface area contributed by atoms with Crippen molar-refractivity contribution in [2.45, 2.75) is 4.90 Å². The Hall–Kier alpha value is -3.91. The van der Waals surface area contributed by atoms with E-state index in [-0.39, 0.29) is 21.2 Å². The van der Waals surface area contributed by atoms with E-state index in [1.54, 1.807) is 6.07 Å². The van der Waals surface area contributed by atoms with Crippen LogP contribution < -0.4 is 9.50 Å². The molecule has 0 aliphatic carbocycles. The van der Waals surface area contributed by atoms with E-state index in [1.165, 1.54) is 60.7 Å². The van der Waals surface area contributed by atoms with Gasteiger partial charge in [0, 0.05) is 17.8 Å². The second kappa shape index (κ2) is 10.4. The van der Waals surface area contributed by atoms with Crippen molar-refractivity contribution in [3.63, 3.8) is 0 Å². The van der Waals surface area contributed by atoms with Gasteiger partial charge in [0.25, 0.3) is 11.6 Å². The van der Waals surface area contributed by atoms with E-state index in [9.17, 15) is 28.6 Å². The number of rotatable bonds is 7. The fourth-order valence-corrected chi connectivity index (χ4v) is 3.90. The van der Waals surface area contributed by atoms with Gasteiger partial charge in [-0.25, -0.2) is 0 Å². The number of non-ortho nitro benzene ring substituents is 1. The molecular weight excluding hydrogens is 505 g/mol. The second-order valence-electron chi connectivity index (χ2n) is 6.61. The molecule has 1 N–H and O–H groups in total. The van der Waals surface area contributed by atoms with Crippen LogP contribution in [0.5, 0.6) is 5.75 Å². The first-order valence-electron chi connectivity index (χ1n) is 9.26. The minimum absolute atomic E-state index is 0.0672. The fourth-order valence-electron chi connectivity index (χ4n) is 2.63. The molecule has 3 aromatic carbocycles. The number of nitro benzene ring substituents is 1. The minimum atomic E-state index is -4.32. The van der Waals surface area contributed by atoms with Crippen molar-refractivity contribution in [3.8, 4) is 11.8 Å². The molecule has 3 aromatic rings. The number of hydrogen-bond acceptors (Lipinski definition) is 7. The lowest BCUT2D eigenvalue weighted by atomic mass is 10.1.